The van der Waals surface area contributed by atoms with Crippen LogP contribution in [0.1, 0.15) is 19.8 Å². The number of nitrogens with one attached hydrogen (secondary N) is 1. The average molecular weight is 380 g/mol. The van der Waals surface area contributed by atoms with Crippen LogP contribution in [0.5, 0.6) is 0 Å². The fraction of sp³-hybridized carbons (Fsp3) is 0.500. The first-order valence-corrected chi connectivity index (χ1v) is 8.20. The molecule has 0 radical (unpaired) electrons. The van der Waals surface area contributed by atoms with Gasteiger partial charge in [0.05, 0.1) is 5.25 Å². The molecule has 2 rings (SSSR count). The Morgan fingerprint density at radius 1 is 1.45 bits per heavy atom. The van der Waals surface area contributed by atoms with Crippen molar-refractivity contribution in [3.05, 3.63) is 28.7 Å². The Balaban J connectivity index is 0.00000200. The van der Waals surface area contributed by atoms with Gasteiger partial charge in [-0.05, 0) is 49.9 Å². The van der Waals surface area contributed by atoms with Crippen molar-refractivity contribution in [2.24, 2.45) is 11.7 Å². The van der Waals surface area contributed by atoms with Crippen molar-refractivity contribution in [1.29, 1.82) is 0 Å². The van der Waals surface area contributed by atoms with E-state index in [9.17, 15) is 4.79 Å². The van der Waals surface area contributed by atoms with Crippen LogP contribution < -0.4 is 11.1 Å². The highest BCUT2D eigenvalue weighted by molar-refractivity contribution is 9.10. The van der Waals surface area contributed by atoms with Crippen LogP contribution in [0.15, 0.2) is 33.6 Å². The van der Waals surface area contributed by atoms with E-state index in [-0.39, 0.29) is 29.6 Å². The maximum absolute atomic E-state index is 12.1. The van der Waals surface area contributed by atoms with Crippen molar-refractivity contribution in [2.75, 3.05) is 6.54 Å². The number of amides is 1. The summed E-state index contributed by atoms with van der Waals surface area (Å²) in [5, 5.41) is 2.96. The van der Waals surface area contributed by atoms with E-state index in [0.29, 0.717) is 12.5 Å². The molecule has 0 bridgehead atoms. The van der Waals surface area contributed by atoms with Crippen molar-refractivity contribution >= 4 is 46.0 Å². The molecule has 1 aliphatic carbocycles. The number of benzene rings is 1. The zero-order valence-electron chi connectivity index (χ0n) is 11.3. The van der Waals surface area contributed by atoms with Crippen LogP contribution >= 0.6 is 40.1 Å². The van der Waals surface area contributed by atoms with Crippen molar-refractivity contribution in [3.8, 4) is 0 Å². The summed E-state index contributed by atoms with van der Waals surface area (Å²) in [6.07, 6.45) is 2.38. The minimum atomic E-state index is -0.103. The summed E-state index contributed by atoms with van der Waals surface area (Å²) in [5.74, 6) is 0.675. The Hall–Kier alpha value is -0.230. The number of hydrogen-bond acceptors (Lipinski definition) is 3. The SMILES string of the molecule is CC(Sc1ccc(Br)cc1)C(=O)NC(CN)C1CC1.Cl. The van der Waals surface area contributed by atoms with Gasteiger partial charge in [-0.1, -0.05) is 15.9 Å². The number of nitrogens with two attached hydrogens (primary N) is 1. The van der Waals surface area contributed by atoms with Crippen molar-refractivity contribution < 1.29 is 4.79 Å². The lowest BCUT2D eigenvalue weighted by Gasteiger charge is -2.19. The molecule has 3 N–H and O–H groups in total. The predicted molar refractivity (Wildman–Crippen MR) is 90.4 cm³/mol. The number of halogens is 2. The van der Waals surface area contributed by atoms with E-state index in [1.54, 1.807) is 11.8 Å². The van der Waals surface area contributed by atoms with Gasteiger partial charge in [0.15, 0.2) is 0 Å². The van der Waals surface area contributed by atoms with Gasteiger partial charge in [0.25, 0.3) is 0 Å². The van der Waals surface area contributed by atoms with Gasteiger partial charge in [0, 0.05) is 22.0 Å². The van der Waals surface area contributed by atoms with Gasteiger partial charge in [-0.2, -0.15) is 0 Å². The van der Waals surface area contributed by atoms with E-state index < -0.39 is 0 Å². The van der Waals surface area contributed by atoms with Gasteiger partial charge in [-0.3, -0.25) is 4.79 Å². The molecule has 1 aliphatic rings. The second kappa shape index (κ2) is 8.27. The minimum Gasteiger partial charge on any atom is -0.351 e. The molecule has 6 heteroatoms. The Kier molecular flexibility index (Phi) is 7.37. The zero-order valence-corrected chi connectivity index (χ0v) is 14.6. The molecule has 1 saturated carbocycles. The Morgan fingerprint density at radius 2 is 2.05 bits per heavy atom. The van der Waals surface area contributed by atoms with Gasteiger partial charge in [-0.15, -0.1) is 24.2 Å². The number of carbonyl (C=O) groups excluding carboxylic acids is 1. The van der Waals surface area contributed by atoms with Gasteiger partial charge in [0.1, 0.15) is 0 Å². The molecular weight excluding hydrogens is 360 g/mol. The average Bonchev–Trinajstić information content (AvgIpc) is 3.22. The number of carbonyl (C=O) groups is 1. The standard InChI is InChI=1S/C14H19BrN2OS.ClH/c1-9(19-12-6-4-11(15)5-7-12)14(18)17-13(8-16)10-2-3-10;/h4-7,9-10,13H,2-3,8,16H2,1H3,(H,17,18);1H. The molecule has 0 spiro atoms. The number of hydrogen-bond donors (Lipinski definition) is 2. The van der Waals surface area contributed by atoms with Gasteiger partial charge in [-0.25, -0.2) is 0 Å². The second-order valence-electron chi connectivity index (χ2n) is 4.90. The van der Waals surface area contributed by atoms with E-state index in [1.807, 2.05) is 31.2 Å². The van der Waals surface area contributed by atoms with Crippen LogP contribution in [0.4, 0.5) is 0 Å². The summed E-state index contributed by atoms with van der Waals surface area (Å²) < 4.78 is 1.05. The van der Waals surface area contributed by atoms with Crippen LogP contribution in [0.25, 0.3) is 0 Å². The highest BCUT2D eigenvalue weighted by Gasteiger charge is 2.32. The van der Waals surface area contributed by atoms with E-state index in [1.165, 1.54) is 12.8 Å². The summed E-state index contributed by atoms with van der Waals surface area (Å²) in [7, 11) is 0. The summed E-state index contributed by atoms with van der Waals surface area (Å²) in [6, 6.07) is 8.15. The highest BCUT2D eigenvalue weighted by atomic mass is 79.9. The van der Waals surface area contributed by atoms with E-state index in [4.69, 9.17) is 5.73 Å². The van der Waals surface area contributed by atoms with Crippen LogP contribution in [0.3, 0.4) is 0 Å². The fourth-order valence-electron chi connectivity index (χ4n) is 1.94. The lowest BCUT2D eigenvalue weighted by Crippen LogP contribution is -2.44. The first-order chi connectivity index (χ1) is 9.10. The topological polar surface area (TPSA) is 55.1 Å². The van der Waals surface area contributed by atoms with Crippen LogP contribution in [0, 0.1) is 5.92 Å². The number of rotatable bonds is 6. The Bertz CT molecular complexity index is 439. The molecule has 0 aromatic heterocycles. The monoisotopic (exact) mass is 378 g/mol. The largest absolute Gasteiger partial charge is 0.351 e. The lowest BCUT2D eigenvalue weighted by molar-refractivity contribution is -0.121. The van der Waals surface area contributed by atoms with E-state index in [2.05, 4.69) is 21.2 Å². The van der Waals surface area contributed by atoms with E-state index in [0.717, 1.165) is 9.37 Å². The molecule has 1 aromatic carbocycles. The smallest absolute Gasteiger partial charge is 0.233 e. The van der Waals surface area contributed by atoms with Crippen LogP contribution in [0.2, 0.25) is 0 Å². The first kappa shape index (κ1) is 17.8. The molecule has 3 nitrogen and oxygen atoms in total. The summed E-state index contributed by atoms with van der Waals surface area (Å²) in [4.78, 5) is 13.2. The number of thioether (sulfide) groups is 1. The second-order valence-corrected chi connectivity index (χ2v) is 7.23. The molecule has 0 saturated heterocycles. The van der Waals surface area contributed by atoms with Crippen molar-refractivity contribution in [1.82, 2.24) is 5.32 Å². The normalized spacial score (nSPS) is 16.9. The Morgan fingerprint density at radius 3 is 2.55 bits per heavy atom. The molecule has 1 aromatic rings. The lowest BCUT2D eigenvalue weighted by atomic mass is 10.2. The molecule has 20 heavy (non-hydrogen) atoms. The summed E-state index contributed by atoms with van der Waals surface area (Å²) in [5.41, 5.74) is 5.70. The van der Waals surface area contributed by atoms with Crippen LogP contribution in [-0.2, 0) is 4.79 Å². The van der Waals surface area contributed by atoms with Crippen LogP contribution in [-0.4, -0.2) is 23.7 Å². The maximum Gasteiger partial charge on any atom is 0.233 e. The first-order valence-electron chi connectivity index (χ1n) is 6.53. The van der Waals surface area contributed by atoms with Gasteiger partial charge in [0.2, 0.25) is 5.91 Å². The van der Waals surface area contributed by atoms with Crippen molar-refractivity contribution in [2.45, 2.75) is 36.0 Å². The third-order valence-corrected chi connectivity index (χ3v) is 4.91. The van der Waals surface area contributed by atoms with Gasteiger partial charge >= 0.3 is 0 Å². The van der Waals surface area contributed by atoms with E-state index >= 15 is 0 Å². The van der Waals surface area contributed by atoms with Crippen molar-refractivity contribution in [3.63, 3.8) is 0 Å². The highest BCUT2D eigenvalue weighted by Crippen LogP contribution is 2.32. The minimum absolute atomic E-state index is 0. The molecule has 112 valence electrons. The fourth-order valence-corrected chi connectivity index (χ4v) is 3.08. The summed E-state index contributed by atoms with van der Waals surface area (Å²) >= 11 is 4.97. The molecule has 0 heterocycles. The predicted octanol–water partition coefficient (Wildman–Crippen LogP) is 3.21. The Labute approximate surface area is 139 Å². The molecule has 2 atom stereocenters. The molecule has 1 fully saturated rings. The maximum atomic E-state index is 12.1. The molecule has 1 amide bonds. The third-order valence-electron chi connectivity index (χ3n) is 3.27. The molecule has 2 unspecified atom stereocenters. The molecular formula is C14H20BrClN2OS. The van der Waals surface area contributed by atoms with Gasteiger partial charge < -0.3 is 11.1 Å². The third kappa shape index (κ3) is 5.28. The quantitative estimate of drug-likeness (QED) is 0.746. The molecule has 0 aliphatic heterocycles. The zero-order chi connectivity index (χ0) is 13.8. The summed E-state index contributed by atoms with van der Waals surface area (Å²) in [6.45, 7) is 2.47.